The van der Waals surface area contributed by atoms with Crippen molar-refractivity contribution in [1.82, 2.24) is 9.55 Å². The topological polar surface area (TPSA) is 89.1 Å². The van der Waals surface area contributed by atoms with E-state index in [1.54, 1.807) is 35.9 Å². The van der Waals surface area contributed by atoms with Gasteiger partial charge in [0.1, 0.15) is 5.75 Å². The van der Waals surface area contributed by atoms with Gasteiger partial charge in [-0.15, -0.1) is 10.2 Å². The van der Waals surface area contributed by atoms with Crippen LogP contribution in [0.2, 0.25) is 0 Å². The molecule has 0 bridgehead atoms. The van der Waals surface area contributed by atoms with Gasteiger partial charge >= 0.3 is 0 Å². The van der Waals surface area contributed by atoms with E-state index < -0.39 is 5.91 Å². The number of pyridine rings is 1. The maximum atomic E-state index is 13.0. The van der Waals surface area contributed by atoms with Gasteiger partial charge in [-0.25, -0.2) is 0 Å². The van der Waals surface area contributed by atoms with Crippen molar-refractivity contribution in [2.45, 2.75) is 26.8 Å². The number of hydrogen-bond acceptors (Lipinski definition) is 5. The van der Waals surface area contributed by atoms with E-state index >= 15 is 0 Å². The molecule has 158 valence electrons. The van der Waals surface area contributed by atoms with Crippen LogP contribution in [0.25, 0.3) is 21.8 Å². The van der Waals surface area contributed by atoms with Gasteiger partial charge in [-0.05, 0) is 55.8 Å². The van der Waals surface area contributed by atoms with E-state index in [0.29, 0.717) is 39.8 Å². The van der Waals surface area contributed by atoms with Gasteiger partial charge in [0.15, 0.2) is 5.69 Å². The number of fused-ring (bicyclic) bond motifs is 2. The Kier molecular flexibility index (Phi) is 5.73. The Hall–Kier alpha value is -3.26. The lowest BCUT2D eigenvalue weighted by atomic mass is 10.1. The average molecular weight is 481 g/mol. The largest absolute Gasteiger partial charge is 0.497 e. The summed E-state index contributed by atoms with van der Waals surface area (Å²) in [6.45, 7) is 4.47. The Morgan fingerprint density at radius 1 is 1.19 bits per heavy atom. The number of azo groups is 1. The van der Waals surface area contributed by atoms with Crippen LogP contribution in [0.4, 0.5) is 5.69 Å². The zero-order valence-corrected chi connectivity index (χ0v) is 19.0. The third-order valence-corrected chi connectivity index (χ3v) is 5.53. The summed E-state index contributed by atoms with van der Waals surface area (Å²) < 4.78 is 7.91. The third-order valence-electron chi connectivity index (χ3n) is 5.03. The molecule has 0 saturated heterocycles. The minimum absolute atomic E-state index is 0.0102. The van der Waals surface area contributed by atoms with Crippen LogP contribution in [0, 0.1) is 6.92 Å². The quantitative estimate of drug-likeness (QED) is 0.339. The second-order valence-electron chi connectivity index (χ2n) is 7.18. The fraction of sp³-hybridized carbons (Fsp3) is 0.217. The molecule has 0 fully saturated rings. The van der Waals surface area contributed by atoms with E-state index in [9.17, 15) is 9.90 Å². The molecular weight excluding hydrogens is 460 g/mol. The molecule has 4 rings (SSSR count). The molecule has 0 unspecified atom stereocenters. The lowest BCUT2D eigenvalue weighted by Crippen LogP contribution is -1.99. The second kappa shape index (κ2) is 8.47. The summed E-state index contributed by atoms with van der Waals surface area (Å²) in [6.07, 6.45) is 0.840. The molecule has 0 aliphatic carbocycles. The smallest absolute Gasteiger partial charge is 0.296 e. The Bertz CT molecular complexity index is 1340. The van der Waals surface area contributed by atoms with Crippen LogP contribution in [0.5, 0.6) is 11.6 Å². The van der Waals surface area contributed by atoms with Gasteiger partial charge in [0.05, 0.1) is 23.7 Å². The van der Waals surface area contributed by atoms with E-state index in [0.717, 1.165) is 16.4 Å². The van der Waals surface area contributed by atoms with Gasteiger partial charge in [-0.3, -0.25) is 9.78 Å². The monoisotopic (exact) mass is 480 g/mol. The summed E-state index contributed by atoms with van der Waals surface area (Å²) in [4.78, 5) is 17.5. The number of hydrogen-bond donors (Lipinski definition) is 1. The van der Waals surface area contributed by atoms with E-state index in [1.165, 1.54) is 0 Å². The highest BCUT2D eigenvalue weighted by Gasteiger charge is 2.18. The first-order valence-electron chi connectivity index (χ1n) is 9.85. The number of benzene rings is 2. The zero-order valence-electron chi connectivity index (χ0n) is 17.4. The lowest BCUT2D eigenvalue weighted by Gasteiger charge is -2.06. The van der Waals surface area contributed by atoms with Gasteiger partial charge in [0, 0.05) is 27.5 Å². The first-order valence-corrected chi connectivity index (χ1v) is 10.6. The van der Waals surface area contributed by atoms with Crippen molar-refractivity contribution in [2.75, 3.05) is 7.11 Å². The van der Waals surface area contributed by atoms with Crippen molar-refractivity contribution < 1.29 is 14.6 Å². The summed E-state index contributed by atoms with van der Waals surface area (Å²) in [5.74, 6) is 0.0905. The Morgan fingerprint density at radius 2 is 2.00 bits per heavy atom. The van der Waals surface area contributed by atoms with Crippen LogP contribution in [-0.2, 0) is 6.54 Å². The predicted octanol–water partition coefficient (Wildman–Crippen LogP) is 6.31. The number of ether oxygens (including phenoxy) is 1. The lowest BCUT2D eigenvalue weighted by molar-refractivity contribution is 0.0996. The molecule has 7 nitrogen and oxygen atoms in total. The van der Waals surface area contributed by atoms with E-state index in [1.807, 2.05) is 32.0 Å². The van der Waals surface area contributed by atoms with Crippen LogP contribution in [0.3, 0.4) is 0 Å². The van der Waals surface area contributed by atoms with Gasteiger partial charge in [0.25, 0.3) is 5.91 Å². The molecule has 4 aromatic rings. The summed E-state index contributed by atoms with van der Waals surface area (Å²) >= 11 is 3.46. The summed E-state index contributed by atoms with van der Waals surface area (Å²) in [5, 5.41) is 20.2. The van der Waals surface area contributed by atoms with Gasteiger partial charge in [-0.1, -0.05) is 22.9 Å². The summed E-state index contributed by atoms with van der Waals surface area (Å²) in [6, 6.07) is 12.7. The van der Waals surface area contributed by atoms with Crippen molar-refractivity contribution in [3.05, 3.63) is 58.2 Å². The number of carbonyl (C=O) groups excluding carboxylic acids is 1. The van der Waals surface area contributed by atoms with Crippen molar-refractivity contribution >= 4 is 49.3 Å². The molecule has 2 heterocycles. The Labute approximate surface area is 187 Å². The number of rotatable bonds is 5. The van der Waals surface area contributed by atoms with Crippen molar-refractivity contribution in [3.63, 3.8) is 0 Å². The molecule has 31 heavy (non-hydrogen) atoms. The van der Waals surface area contributed by atoms with Crippen LogP contribution >= 0.6 is 15.9 Å². The van der Waals surface area contributed by atoms with E-state index in [-0.39, 0.29) is 11.6 Å². The third kappa shape index (κ3) is 3.90. The molecule has 2 aromatic heterocycles. The van der Waals surface area contributed by atoms with Crippen molar-refractivity contribution in [1.29, 1.82) is 0 Å². The summed E-state index contributed by atoms with van der Waals surface area (Å²) in [5.41, 5.74) is 2.85. The van der Waals surface area contributed by atoms with Crippen molar-refractivity contribution in [3.8, 4) is 11.6 Å². The molecule has 0 aliphatic rings. The number of halogens is 1. The molecule has 0 atom stereocenters. The number of aromatic hydroxyl groups is 1. The highest BCUT2D eigenvalue weighted by molar-refractivity contribution is 9.10. The van der Waals surface area contributed by atoms with Gasteiger partial charge in [0.2, 0.25) is 5.88 Å². The van der Waals surface area contributed by atoms with E-state index in [4.69, 9.17) is 4.74 Å². The van der Waals surface area contributed by atoms with Crippen LogP contribution < -0.4 is 4.74 Å². The molecule has 0 radical (unpaired) electrons. The number of methoxy groups -OCH3 is 1. The Balaban J connectivity index is 1.81. The van der Waals surface area contributed by atoms with Crippen LogP contribution in [0.15, 0.2) is 57.2 Å². The van der Waals surface area contributed by atoms with Gasteiger partial charge < -0.3 is 14.4 Å². The highest BCUT2D eigenvalue weighted by atomic mass is 79.9. The molecule has 1 N–H and O–H groups in total. The highest BCUT2D eigenvalue weighted by Crippen LogP contribution is 2.40. The number of aryl methyl sites for hydroxylation is 2. The molecule has 0 spiro atoms. The number of amides is 1. The minimum atomic E-state index is -0.519. The standard InChI is InChI=1S/C23H21BrN4O3/c1-4-9-28-20-8-5-14(24)11-18(20)21(23(28)30)26-27-22(29)17-10-13(2)25-19-7-6-15(31-3)12-16(17)19/h5-8,10-12,30H,4,9H2,1-3H3. The molecule has 8 heteroatoms. The molecule has 0 aliphatic heterocycles. The second-order valence-corrected chi connectivity index (χ2v) is 8.10. The van der Waals surface area contributed by atoms with E-state index in [2.05, 4.69) is 31.1 Å². The normalized spacial score (nSPS) is 11.6. The molecular formula is C23H21BrN4O3. The molecule has 0 saturated carbocycles. The first-order chi connectivity index (χ1) is 14.9. The fourth-order valence-electron chi connectivity index (χ4n) is 3.63. The zero-order chi connectivity index (χ0) is 22.1. The molecule has 2 aromatic carbocycles. The predicted molar refractivity (Wildman–Crippen MR) is 123 cm³/mol. The summed E-state index contributed by atoms with van der Waals surface area (Å²) in [7, 11) is 1.57. The number of aromatic nitrogens is 2. The SMILES string of the molecule is CCCn1c(O)c(N=NC(=O)c2cc(C)nc3ccc(OC)cc23)c2cc(Br)ccc21. The minimum Gasteiger partial charge on any atom is -0.497 e. The number of nitrogens with zero attached hydrogens (tertiary/aromatic N) is 4. The fourth-order valence-corrected chi connectivity index (χ4v) is 4.00. The average Bonchev–Trinajstić information content (AvgIpc) is 3.01. The maximum absolute atomic E-state index is 13.0. The van der Waals surface area contributed by atoms with Crippen LogP contribution in [-0.4, -0.2) is 27.7 Å². The molecule has 1 amide bonds. The number of carbonyl (C=O) groups is 1. The maximum Gasteiger partial charge on any atom is 0.296 e. The Morgan fingerprint density at radius 3 is 2.74 bits per heavy atom. The van der Waals surface area contributed by atoms with Crippen molar-refractivity contribution in [2.24, 2.45) is 10.2 Å². The van der Waals surface area contributed by atoms with Crippen LogP contribution in [0.1, 0.15) is 29.4 Å². The van der Waals surface area contributed by atoms with Gasteiger partial charge in [-0.2, -0.15) is 0 Å². The first kappa shape index (κ1) is 21.0.